The van der Waals surface area contributed by atoms with Crippen molar-refractivity contribution in [3.8, 4) is 0 Å². The van der Waals surface area contributed by atoms with Crippen LogP contribution in [0.4, 0.5) is 0 Å². The van der Waals surface area contributed by atoms with Crippen LogP contribution in [-0.4, -0.2) is 57.7 Å². The van der Waals surface area contributed by atoms with Crippen molar-refractivity contribution in [1.29, 1.82) is 0 Å². The van der Waals surface area contributed by atoms with E-state index < -0.39 is 10.0 Å². The summed E-state index contributed by atoms with van der Waals surface area (Å²) in [5.41, 5.74) is 0. The van der Waals surface area contributed by atoms with Gasteiger partial charge in [0.15, 0.2) is 5.96 Å². The minimum absolute atomic E-state index is 0. The first-order valence-corrected chi connectivity index (χ1v) is 9.55. The first kappa shape index (κ1) is 24.2. The lowest BCUT2D eigenvalue weighted by Crippen LogP contribution is -2.42. The molecule has 0 bridgehead atoms. The van der Waals surface area contributed by atoms with E-state index in [-0.39, 0.29) is 29.7 Å². The van der Waals surface area contributed by atoms with Gasteiger partial charge < -0.3 is 10.6 Å². The zero-order valence-corrected chi connectivity index (χ0v) is 17.5. The second-order valence-electron chi connectivity index (χ2n) is 4.89. The smallest absolute Gasteiger partial charge is 0.215 e. The molecule has 0 spiro atoms. The first-order chi connectivity index (χ1) is 10.0. The highest BCUT2D eigenvalue weighted by atomic mass is 127. The van der Waals surface area contributed by atoms with Crippen LogP contribution in [0.25, 0.3) is 0 Å². The van der Waals surface area contributed by atoms with Gasteiger partial charge >= 0.3 is 0 Å². The van der Waals surface area contributed by atoms with Crippen LogP contribution in [0.2, 0.25) is 0 Å². The fraction of sp³-hybridized carbons (Fsp3) is 0.929. The van der Waals surface area contributed by atoms with Gasteiger partial charge in [-0.25, -0.2) is 12.7 Å². The van der Waals surface area contributed by atoms with Gasteiger partial charge in [-0.15, -0.1) is 24.0 Å². The van der Waals surface area contributed by atoms with Crippen LogP contribution in [0, 0.1) is 0 Å². The zero-order valence-electron chi connectivity index (χ0n) is 14.4. The summed E-state index contributed by atoms with van der Waals surface area (Å²) in [6, 6.07) is 0. The minimum Gasteiger partial charge on any atom is -0.356 e. The van der Waals surface area contributed by atoms with Crippen molar-refractivity contribution < 1.29 is 8.42 Å². The van der Waals surface area contributed by atoms with Gasteiger partial charge in [-0.05, 0) is 6.42 Å². The molecule has 8 heteroatoms. The molecule has 0 aliphatic carbocycles. The van der Waals surface area contributed by atoms with Crippen LogP contribution >= 0.6 is 24.0 Å². The summed E-state index contributed by atoms with van der Waals surface area (Å²) in [5, 5.41) is 6.25. The van der Waals surface area contributed by atoms with Crippen molar-refractivity contribution in [1.82, 2.24) is 14.9 Å². The van der Waals surface area contributed by atoms with Gasteiger partial charge in [0.2, 0.25) is 10.0 Å². The van der Waals surface area contributed by atoms with Gasteiger partial charge in [0.1, 0.15) is 0 Å². The average Bonchev–Trinajstić information content (AvgIpc) is 2.46. The van der Waals surface area contributed by atoms with Crippen molar-refractivity contribution >= 4 is 40.0 Å². The number of guanidine groups is 1. The van der Waals surface area contributed by atoms with E-state index in [2.05, 4.69) is 22.5 Å². The Labute approximate surface area is 153 Å². The molecule has 0 unspecified atom stereocenters. The molecule has 0 atom stereocenters. The quantitative estimate of drug-likeness (QED) is 0.220. The fourth-order valence-electron chi connectivity index (χ4n) is 2.02. The highest BCUT2D eigenvalue weighted by molar-refractivity contribution is 14.0. The molecule has 0 fully saturated rings. The molecule has 0 aliphatic heterocycles. The Balaban J connectivity index is 0. The molecule has 6 nitrogen and oxygen atoms in total. The summed E-state index contributed by atoms with van der Waals surface area (Å²) in [4.78, 5) is 4.10. The number of nitrogens with zero attached hydrogens (tertiary/aromatic N) is 2. The van der Waals surface area contributed by atoms with Crippen LogP contribution < -0.4 is 10.6 Å². The first-order valence-electron chi connectivity index (χ1n) is 7.94. The highest BCUT2D eigenvalue weighted by Gasteiger charge is 2.18. The van der Waals surface area contributed by atoms with Gasteiger partial charge in [-0.1, -0.05) is 40.0 Å². The molecule has 0 heterocycles. The number of nitrogens with one attached hydrogen (secondary N) is 2. The van der Waals surface area contributed by atoms with E-state index in [4.69, 9.17) is 0 Å². The molecule has 134 valence electrons. The number of sulfonamides is 1. The Bertz CT molecular complexity index is 384. The number of unbranched alkanes of at least 4 members (excludes halogenated alkanes) is 3. The van der Waals surface area contributed by atoms with Crippen molar-refractivity contribution in [2.75, 3.05) is 39.0 Å². The average molecular weight is 448 g/mol. The van der Waals surface area contributed by atoms with Crippen molar-refractivity contribution in [2.24, 2.45) is 4.99 Å². The maximum Gasteiger partial charge on any atom is 0.215 e. The molecular formula is C14H33IN4O2S. The number of hydrogen-bond acceptors (Lipinski definition) is 3. The lowest BCUT2D eigenvalue weighted by Gasteiger charge is -2.19. The third-order valence-corrected chi connectivity index (χ3v) is 5.32. The molecular weight excluding hydrogens is 415 g/mol. The van der Waals surface area contributed by atoms with Gasteiger partial charge in [0, 0.05) is 33.2 Å². The maximum atomic E-state index is 12.0. The maximum absolute atomic E-state index is 12.0. The fourth-order valence-corrected chi connectivity index (χ4v) is 3.43. The summed E-state index contributed by atoms with van der Waals surface area (Å²) >= 11 is 0. The van der Waals surface area contributed by atoms with Crippen molar-refractivity contribution in [3.05, 3.63) is 0 Å². The van der Waals surface area contributed by atoms with Gasteiger partial charge in [-0.3, -0.25) is 4.99 Å². The van der Waals surface area contributed by atoms with E-state index >= 15 is 0 Å². The largest absolute Gasteiger partial charge is 0.356 e. The molecule has 2 N–H and O–H groups in total. The number of hydrogen-bond donors (Lipinski definition) is 2. The van der Waals surface area contributed by atoms with Crippen LogP contribution in [-0.2, 0) is 10.0 Å². The molecule has 0 amide bonds. The minimum atomic E-state index is -3.17. The number of rotatable bonds is 11. The molecule has 0 aromatic carbocycles. The number of halogens is 1. The predicted octanol–water partition coefficient (Wildman–Crippen LogP) is 2.02. The molecule has 0 aromatic heterocycles. The third-order valence-electron chi connectivity index (χ3n) is 3.30. The highest BCUT2D eigenvalue weighted by Crippen LogP contribution is 1.99. The Morgan fingerprint density at radius 3 is 2.09 bits per heavy atom. The molecule has 0 aromatic rings. The topological polar surface area (TPSA) is 73.8 Å². The van der Waals surface area contributed by atoms with Crippen LogP contribution in [0.5, 0.6) is 0 Å². The third kappa shape index (κ3) is 10.6. The zero-order chi connectivity index (χ0) is 16.1. The van der Waals surface area contributed by atoms with E-state index in [1.165, 1.54) is 23.6 Å². The van der Waals surface area contributed by atoms with E-state index in [1.54, 1.807) is 7.05 Å². The van der Waals surface area contributed by atoms with Crippen LogP contribution in [0.1, 0.15) is 46.5 Å². The lowest BCUT2D eigenvalue weighted by atomic mass is 10.2. The van der Waals surface area contributed by atoms with Gasteiger partial charge in [-0.2, -0.15) is 0 Å². The van der Waals surface area contributed by atoms with E-state index in [0.29, 0.717) is 25.6 Å². The summed E-state index contributed by atoms with van der Waals surface area (Å²) in [6.07, 6.45) is 4.77. The molecule has 0 radical (unpaired) electrons. The van der Waals surface area contributed by atoms with E-state index in [0.717, 1.165) is 13.0 Å². The SMILES string of the molecule is CCCCCCNC(=NC)NCCS(=O)(=O)N(CC)CC.I. The summed E-state index contributed by atoms with van der Waals surface area (Å²) in [5.74, 6) is 0.756. The lowest BCUT2D eigenvalue weighted by molar-refractivity contribution is 0.445. The summed E-state index contributed by atoms with van der Waals surface area (Å²) in [7, 11) is -1.48. The summed E-state index contributed by atoms with van der Waals surface area (Å²) in [6.45, 7) is 8.16. The van der Waals surface area contributed by atoms with Crippen LogP contribution in [0.15, 0.2) is 4.99 Å². The molecule has 0 aliphatic rings. The molecule has 0 saturated heterocycles. The Kier molecular flexibility index (Phi) is 15.9. The van der Waals surface area contributed by atoms with Gasteiger partial charge in [0.25, 0.3) is 0 Å². The molecule has 0 saturated carbocycles. The second-order valence-corrected chi connectivity index (χ2v) is 6.98. The van der Waals surface area contributed by atoms with E-state index in [1.807, 2.05) is 13.8 Å². The monoisotopic (exact) mass is 448 g/mol. The molecule has 0 rings (SSSR count). The second kappa shape index (κ2) is 14.5. The number of aliphatic imine (C=N–C) groups is 1. The standard InChI is InChI=1S/C14H32N4O2S.HI/c1-5-8-9-10-11-16-14(15-4)17-12-13-21(19,20)18(6-2)7-3;/h5-13H2,1-4H3,(H2,15,16,17);1H. The van der Waals surface area contributed by atoms with Crippen LogP contribution in [0.3, 0.4) is 0 Å². The Morgan fingerprint density at radius 2 is 1.59 bits per heavy atom. The van der Waals surface area contributed by atoms with Crippen molar-refractivity contribution in [2.45, 2.75) is 46.5 Å². The predicted molar refractivity (Wildman–Crippen MR) is 106 cm³/mol. The Morgan fingerprint density at radius 1 is 1.00 bits per heavy atom. The molecule has 22 heavy (non-hydrogen) atoms. The Hall–Kier alpha value is -0.0900. The summed E-state index contributed by atoms with van der Waals surface area (Å²) < 4.78 is 25.5. The van der Waals surface area contributed by atoms with E-state index in [9.17, 15) is 8.42 Å². The normalized spacial score (nSPS) is 12.1. The van der Waals surface area contributed by atoms with Crippen molar-refractivity contribution in [3.63, 3.8) is 0 Å². The van der Waals surface area contributed by atoms with Gasteiger partial charge in [0.05, 0.1) is 5.75 Å².